The molecule has 20 heavy (non-hydrogen) atoms. The summed E-state index contributed by atoms with van der Waals surface area (Å²) in [6.07, 6.45) is 18.4. The van der Waals surface area contributed by atoms with Crippen LogP contribution in [0.2, 0.25) is 0 Å². The molecule has 0 saturated carbocycles. The third-order valence-electron chi connectivity index (χ3n) is 4.11. The fraction of sp³-hybridized carbons (Fsp3) is 0.700. The number of hydrogen-bond acceptors (Lipinski definition) is 0. The first-order chi connectivity index (χ1) is 9.93. The molecule has 1 aromatic carbocycles. The van der Waals surface area contributed by atoms with E-state index in [1.807, 2.05) is 12.1 Å². The quantitative estimate of drug-likeness (QED) is 0.349. The van der Waals surface area contributed by atoms with Crippen LogP contribution in [0, 0.1) is 6.07 Å². The van der Waals surface area contributed by atoms with Crippen molar-refractivity contribution in [3.05, 3.63) is 35.9 Å². The molecule has 0 amide bonds. The largest absolute Gasteiger partial charge is 0.0654 e. The molecule has 0 nitrogen and oxygen atoms in total. The average Bonchev–Trinajstić information content (AvgIpc) is 2.49. The Bertz CT molecular complexity index is 288. The smallest absolute Gasteiger partial charge is 0.0184 e. The molecule has 1 radical (unpaired) electrons. The van der Waals surface area contributed by atoms with Gasteiger partial charge < -0.3 is 0 Å². The standard InChI is InChI=1S/C20H33/c1-2-3-4-5-6-7-8-9-10-11-12-14-17-20-18-15-13-16-19-20/h15-16,18-19H,2-12,14,17H2,1H3. The van der Waals surface area contributed by atoms with Crippen LogP contribution in [0.15, 0.2) is 24.3 Å². The van der Waals surface area contributed by atoms with Gasteiger partial charge in [-0.25, -0.2) is 0 Å². The van der Waals surface area contributed by atoms with Gasteiger partial charge in [0.25, 0.3) is 0 Å². The third-order valence-corrected chi connectivity index (χ3v) is 4.11. The Morgan fingerprint density at radius 3 is 1.60 bits per heavy atom. The predicted molar refractivity (Wildman–Crippen MR) is 90.1 cm³/mol. The molecule has 0 saturated heterocycles. The van der Waals surface area contributed by atoms with Crippen molar-refractivity contribution in [1.82, 2.24) is 0 Å². The second kappa shape index (κ2) is 13.2. The van der Waals surface area contributed by atoms with Crippen molar-refractivity contribution >= 4 is 0 Å². The Labute approximate surface area is 127 Å². The van der Waals surface area contributed by atoms with E-state index >= 15 is 0 Å². The monoisotopic (exact) mass is 273 g/mol. The van der Waals surface area contributed by atoms with Crippen LogP contribution in [0.5, 0.6) is 0 Å². The maximum atomic E-state index is 3.08. The van der Waals surface area contributed by atoms with Crippen LogP contribution in [0.1, 0.15) is 89.5 Å². The zero-order valence-electron chi connectivity index (χ0n) is 13.5. The summed E-state index contributed by atoms with van der Waals surface area (Å²) in [4.78, 5) is 0. The number of aryl methyl sites for hydroxylation is 1. The first-order valence-corrected chi connectivity index (χ1v) is 8.88. The molecule has 0 aliphatic rings. The molecule has 0 atom stereocenters. The van der Waals surface area contributed by atoms with Crippen LogP contribution in [0.25, 0.3) is 0 Å². The van der Waals surface area contributed by atoms with Crippen molar-refractivity contribution in [3.63, 3.8) is 0 Å². The molecule has 0 N–H and O–H groups in total. The maximum absolute atomic E-state index is 3.08. The first kappa shape index (κ1) is 17.3. The Morgan fingerprint density at radius 1 is 0.650 bits per heavy atom. The Hall–Kier alpha value is -0.780. The van der Waals surface area contributed by atoms with Crippen molar-refractivity contribution in [2.24, 2.45) is 0 Å². The molecule has 113 valence electrons. The van der Waals surface area contributed by atoms with E-state index in [9.17, 15) is 0 Å². The van der Waals surface area contributed by atoms with Crippen molar-refractivity contribution < 1.29 is 0 Å². The number of unbranched alkanes of at least 4 members (excludes halogenated alkanes) is 11. The maximum Gasteiger partial charge on any atom is -0.0184 e. The fourth-order valence-corrected chi connectivity index (χ4v) is 2.76. The van der Waals surface area contributed by atoms with Gasteiger partial charge in [-0.1, -0.05) is 102 Å². The Morgan fingerprint density at radius 2 is 1.10 bits per heavy atom. The van der Waals surface area contributed by atoms with E-state index in [1.165, 1.54) is 89.0 Å². The molecule has 0 aromatic heterocycles. The summed E-state index contributed by atoms with van der Waals surface area (Å²) in [5, 5.41) is 0. The molecule has 0 heterocycles. The second-order valence-corrected chi connectivity index (χ2v) is 6.05. The van der Waals surface area contributed by atoms with E-state index in [0.717, 1.165) is 0 Å². The van der Waals surface area contributed by atoms with Gasteiger partial charge in [0, 0.05) is 0 Å². The SMILES string of the molecule is CCCCCCCCCCCCCCc1cc[c]cc1. The molecular weight excluding hydrogens is 240 g/mol. The van der Waals surface area contributed by atoms with Gasteiger partial charge >= 0.3 is 0 Å². The molecule has 0 spiro atoms. The highest BCUT2D eigenvalue weighted by Gasteiger charge is 1.94. The first-order valence-electron chi connectivity index (χ1n) is 8.88. The fourth-order valence-electron chi connectivity index (χ4n) is 2.76. The number of hydrogen-bond donors (Lipinski definition) is 0. The lowest BCUT2D eigenvalue weighted by Gasteiger charge is -2.03. The van der Waals surface area contributed by atoms with Gasteiger partial charge in [-0.05, 0) is 24.5 Å². The average molecular weight is 273 g/mol. The summed E-state index contributed by atoms with van der Waals surface area (Å²) in [6.45, 7) is 2.29. The molecule has 0 heteroatoms. The van der Waals surface area contributed by atoms with Gasteiger partial charge in [-0.15, -0.1) is 0 Å². The lowest BCUT2D eigenvalue weighted by molar-refractivity contribution is 0.544. The van der Waals surface area contributed by atoms with E-state index in [4.69, 9.17) is 0 Å². The summed E-state index contributed by atoms with van der Waals surface area (Å²) in [5.41, 5.74) is 1.47. The van der Waals surface area contributed by atoms with Crippen LogP contribution in [0.4, 0.5) is 0 Å². The van der Waals surface area contributed by atoms with E-state index in [2.05, 4.69) is 25.1 Å². The molecule has 0 aliphatic heterocycles. The van der Waals surface area contributed by atoms with E-state index < -0.39 is 0 Å². The van der Waals surface area contributed by atoms with E-state index in [1.54, 1.807) is 0 Å². The van der Waals surface area contributed by atoms with Crippen molar-refractivity contribution in [2.45, 2.75) is 90.4 Å². The summed E-state index contributed by atoms with van der Waals surface area (Å²) < 4.78 is 0. The van der Waals surface area contributed by atoms with Gasteiger partial charge in [0.05, 0.1) is 0 Å². The van der Waals surface area contributed by atoms with Gasteiger partial charge in [0.15, 0.2) is 0 Å². The van der Waals surface area contributed by atoms with Crippen molar-refractivity contribution in [3.8, 4) is 0 Å². The van der Waals surface area contributed by atoms with Gasteiger partial charge in [0.2, 0.25) is 0 Å². The number of rotatable bonds is 13. The molecular formula is C20H33. The molecule has 0 bridgehead atoms. The van der Waals surface area contributed by atoms with Gasteiger partial charge in [-0.3, -0.25) is 0 Å². The van der Waals surface area contributed by atoms with Gasteiger partial charge in [0.1, 0.15) is 0 Å². The van der Waals surface area contributed by atoms with Crippen LogP contribution in [0.3, 0.4) is 0 Å². The summed E-state index contributed by atoms with van der Waals surface area (Å²) >= 11 is 0. The number of benzene rings is 1. The molecule has 0 unspecified atom stereocenters. The van der Waals surface area contributed by atoms with E-state index in [-0.39, 0.29) is 0 Å². The zero-order valence-corrected chi connectivity index (χ0v) is 13.5. The minimum atomic E-state index is 1.24. The lowest BCUT2D eigenvalue weighted by atomic mass is 10.0. The normalized spacial score (nSPS) is 10.8. The van der Waals surface area contributed by atoms with Crippen molar-refractivity contribution in [2.75, 3.05) is 0 Å². The van der Waals surface area contributed by atoms with Crippen LogP contribution in [-0.4, -0.2) is 0 Å². The Balaban J connectivity index is 1.77. The highest BCUT2D eigenvalue weighted by atomic mass is 14.0. The molecule has 0 aliphatic carbocycles. The molecule has 1 rings (SSSR count). The summed E-state index contributed by atoms with van der Waals surface area (Å²) in [5.74, 6) is 0. The third kappa shape index (κ3) is 10.1. The second-order valence-electron chi connectivity index (χ2n) is 6.05. The highest BCUT2D eigenvalue weighted by Crippen LogP contribution is 2.13. The zero-order chi connectivity index (χ0) is 14.3. The predicted octanol–water partition coefficient (Wildman–Crippen LogP) is 6.73. The van der Waals surface area contributed by atoms with Crippen LogP contribution >= 0.6 is 0 Å². The highest BCUT2D eigenvalue weighted by molar-refractivity contribution is 5.13. The topological polar surface area (TPSA) is 0 Å². The van der Waals surface area contributed by atoms with Crippen LogP contribution < -0.4 is 0 Å². The molecule has 0 fully saturated rings. The minimum Gasteiger partial charge on any atom is -0.0654 e. The lowest BCUT2D eigenvalue weighted by Crippen LogP contribution is -1.86. The minimum absolute atomic E-state index is 1.24. The Kier molecular flexibility index (Phi) is 11.4. The van der Waals surface area contributed by atoms with Gasteiger partial charge in [-0.2, -0.15) is 0 Å². The molecule has 1 aromatic rings. The van der Waals surface area contributed by atoms with Crippen LogP contribution in [-0.2, 0) is 6.42 Å². The summed E-state index contributed by atoms with van der Waals surface area (Å²) in [7, 11) is 0. The van der Waals surface area contributed by atoms with Crippen molar-refractivity contribution in [1.29, 1.82) is 0 Å². The van der Waals surface area contributed by atoms with E-state index in [0.29, 0.717) is 0 Å². The summed E-state index contributed by atoms with van der Waals surface area (Å²) in [6, 6.07) is 11.5.